The number of nitrogens with one attached hydrogen (secondary N) is 1. The van der Waals surface area contributed by atoms with Crippen molar-refractivity contribution >= 4 is 49.1 Å². The average molecular weight is 363 g/mol. The molecule has 26 heavy (non-hydrogen) atoms. The number of benzene rings is 3. The molecule has 3 aromatic carbocycles. The summed E-state index contributed by atoms with van der Waals surface area (Å²) in [7, 11) is 0. The van der Waals surface area contributed by atoms with E-state index in [9.17, 15) is 14.9 Å². The molecular weight excluding hydrogens is 350 g/mol. The van der Waals surface area contributed by atoms with Gasteiger partial charge in [0.1, 0.15) is 0 Å². The SMILES string of the molecule is O=C(Cc1cccc2ccccc12)Nc1nc2ccc([N+](=O)[O-])cc2s1. The zero-order chi connectivity index (χ0) is 18.1. The lowest BCUT2D eigenvalue weighted by Gasteiger charge is -2.06. The Morgan fingerprint density at radius 2 is 1.92 bits per heavy atom. The van der Waals surface area contributed by atoms with Crippen LogP contribution in [0, 0.1) is 10.1 Å². The Morgan fingerprint density at radius 1 is 1.12 bits per heavy atom. The summed E-state index contributed by atoms with van der Waals surface area (Å²) in [5.41, 5.74) is 1.58. The Balaban J connectivity index is 1.56. The third-order valence-corrected chi connectivity index (χ3v) is 4.99. The van der Waals surface area contributed by atoms with Crippen LogP contribution in [0.4, 0.5) is 10.8 Å². The average Bonchev–Trinajstić information content (AvgIpc) is 3.03. The van der Waals surface area contributed by atoms with Gasteiger partial charge in [-0.15, -0.1) is 0 Å². The van der Waals surface area contributed by atoms with E-state index in [1.165, 1.54) is 23.5 Å². The van der Waals surface area contributed by atoms with Crippen LogP contribution in [0.2, 0.25) is 0 Å². The van der Waals surface area contributed by atoms with Crippen LogP contribution in [0.3, 0.4) is 0 Å². The van der Waals surface area contributed by atoms with E-state index in [0.717, 1.165) is 16.3 Å². The van der Waals surface area contributed by atoms with Crippen LogP contribution in [0.25, 0.3) is 21.0 Å². The molecule has 0 bridgehead atoms. The molecule has 0 aliphatic rings. The molecule has 0 spiro atoms. The summed E-state index contributed by atoms with van der Waals surface area (Å²) >= 11 is 1.22. The number of rotatable bonds is 4. The summed E-state index contributed by atoms with van der Waals surface area (Å²) in [6.45, 7) is 0. The van der Waals surface area contributed by atoms with Gasteiger partial charge in [0.2, 0.25) is 5.91 Å². The predicted octanol–water partition coefficient (Wildman–Crippen LogP) is 4.54. The number of thiazole rings is 1. The molecule has 0 atom stereocenters. The molecule has 0 radical (unpaired) electrons. The smallest absolute Gasteiger partial charge is 0.270 e. The summed E-state index contributed by atoms with van der Waals surface area (Å²) in [4.78, 5) is 27.2. The van der Waals surface area contributed by atoms with E-state index < -0.39 is 4.92 Å². The number of anilines is 1. The fourth-order valence-corrected chi connectivity index (χ4v) is 3.78. The number of nitro benzene ring substituents is 1. The van der Waals surface area contributed by atoms with Gasteiger partial charge in [-0.1, -0.05) is 53.8 Å². The molecule has 1 heterocycles. The van der Waals surface area contributed by atoms with Gasteiger partial charge in [0.15, 0.2) is 5.13 Å². The molecule has 0 saturated carbocycles. The standard InChI is InChI=1S/C19H13N3O3S/c23-18(10-13-6-3-5-12-4-1-2-7-15(12)13)21-19-20-16-9-8-14(22(24)25)11-17(16)26-19/h1-9,11H,10H2,(H,20,21,23). The van der Waals surface area contributed by atoms with E-state index >= 15 is 0 Å². The first-order chi connectivity index (χ1) is 12.6. The first-order valence-corrected chi connectivity index (χ1v) is 8.73. The highest BCUT2D eigenvalue weighted by Gasteiger charge is 2.13. The van der Waals surface area contributed by atoms with Crippen molar-refractivity contribution in [1.82, 2.24) is 4.98 Å². The van der Waals surface area contributed by atoms with Gasteiger partial charge in [0.25, 0.3) is 5.69 Å². The van der Waals surface area contributed by atoms with Gasteiger partial charge in [-0.3, -0.25) is 14.9 Å². The molecule has 1 amide bonds. The van der Waals surface area contributed by atoms with Crippen LogP contribution in [0.5, 0.6) is 0 Å². The van der Waals surface area contributed by atoms with Crippen LogP contribution in [-0.2, 0) is 11.2 Å². The van der Waals surface area contributed by atoms with Crippen molar-refractivity contribution in [2.75, 3.05) is 5.32 Å². The second-order valence-corrected chi connectivity index (χ2v) is 6.82. The first kappa shape index (κ1) is 16.2. The van der Waals surface area contributed by atoms with E-state index in [2.05, 4.69) is 10.3 Å². The number of hydrogen-bond acceptors (Lipinski definition) is 5. The van der Waals surface area contributed by atoms with E-state index in [-0.39, 0.29) is 18.0 Å². The number of amides is 1. The van der Waals surface area contributed by atoms with E-state index in [0.29, 0.717) is 15.3 Å². The van der Waals surface area contributed by atoms with Crippen molar-refractivity contribution < 1.29 is 9.72 Å². The number of carbonyl (C=O) groups excluding carboxylic acids is 1. The number of aromatic nitrogens is 1. The van der Waals surface area contributed by atoms with Crippen molar-refractivity contribution in [3.63, 3.8) is 0 Å². The fourth-order valence-electron chi connectivity index (χ4n) is 2.86. The maximum absolute atomic E-state index is 12.4. The zero-order valence-corrected chi connectivity index (χ0v) is 14.3. The quantitative estimate of drug-likeness (QED) is 0.426. The Kier molecular flexibility index (Phi) is 4.06. The van der Waals surface area contributed by atoms with Crippen LogP contribution in [0.1, 0.15) is 5.56 Å². The maximum atomic E-state index is 12.4. The molecule has 4 aromatic rings. The molecule has 0 aliphatic carbocycles. The first-order valence-electron chi connectivity index (χ1n) is 7.91. The van der Waals surface area contributed by atoms with Gasteiger partial charge in [-0.25, -0.2) is 4.98 Å². The molecule has 1 aromatic heterocycles. The van der Waals surface area contributed by atoms with Crippen molar-refractivity contribution in [3.05, 3.63) is 76.3 Å². The molecule has 4 rings (SSSR count). The molecule has 1 N–H and O–H groups in total. The van der Waals surface area contributed by atoms with E-state index in [1.54, 1.807) is 6.07 Å². The normalized spacial score (nSPS) is 10.9. The van der Waals surface area contributed by atoms with Gasteiger partial charge >= 0.3 is 0 Å². The van der Waals surface area contributed by atoms with Gasteiger partial charge < -0.3 is 5.32 Å². The summed E-state index contributed by atoms with van der Waals surface area (Å²) < 4.78 is 0.666. The van der Waals surface area contributed by atoms with Crippen LogP contribution in [0.15, 0.2) is 60.7 Å². The minimum Gasteiger partial charge on any atom is -0.302 e. The number of non-ortho nitro benzene ring substituents is 1. The second-order valence-electron chi connectivity index (χ2n) is 5.79. The third kappa shape index (κ3) is 3.12. The van der Waals surface area contributed by atoms with Gasteiger partial charge in [-0.05, 0) is 22.4 Å². The predicted molar refractivity (Wildman–Crippen MR) is 103 cm³/mol. The van der Waals surface area contributed by atoms with Crippen molar-refractivity contribution in [1.29, 1.82) is 0 Å². The van der Waals surface area contributed by atoms with Crippen LogP contribution >= 0.6 is 11.3 Å². The van der Waals surface area contributed by atoms with Crippen LogP contribution in [-0.4, -0.2) is 15.8 Å². The van der Waals surface area contributed by atoms with Gasteiger partial charge in [0.05, 0.1) is 21.6 Å². The topological polar surface area (TPSA) is 85.1 Å². The molecule has 0 unspecified atom stereocenters. The van der Waals surface area contributed by atoms with Crippen molar-refractivity contribution in [2.45, 2.75) is 6.42 Å². The Hall–Kier alpha value is -3.32. The number of carbonyl (C=O) groups is 1. The molecule has 0 saturated heterocycles. The zero-order valence-electron chi connectivity index (χ0n) is 13.5. The molecule has 0 fully saturated rings. The largest absolute Gasteiger partial charge is 0.302 e. The Bertz CT molecular complexity index is 1150. The van der Waals surface area contributed by atoms with Crippen molar-refractivity contribution in [2.24, 2.45) is 0 Å². The fraction of sp³-hybridized carbons (Fsp3) is 0.0526. The Morgan fingerprint density at radius 3 is 2.77 bits per heavy atom. The molecule has 7 heteroatoms. The van der Waals surface area contributed by atoms with Gasteiger partial charge in [0, 0.05) is 12.1 Å². The van der Waals surface area contributed by atoms with Crippen LogP contribution < -0.4 is 5.32 Å². The third-order valence-electron chi connectivity index (χ3n) is 4.06. The maximum Gasteiger partial charge on any atom is 0.270 e. The summed E-state index contributed by atoms with van der Waals surface area (Å²) in [5, 5.41) is 16.2. The lowest BCUT2D eigenvalue weighted by atomic mass is 10.0. The molecular formula is C19H13N3O3S. The summed E-state index contributed by atoms with van der Waals surface area (Å²) in [5.74, 6) is -0.171. The lowest BCUT2D eigenvalue weighted by Crippen LogP contribution is -2.14. The minimum atomic E-state index is -0.447. The number of hydrogen-bond donors (Lipinski definition) is 1. The van der Waals surface area contributed by atoms with Gasteiger partial charge in [-0.2, -0.15) is 0 Å². The number of nitrogens with zero attached hydrogens (tertiary/aromatic N) is 2. The summed E-state index contributed by atoms with van der Waals surface area (Å²) in [6, 6.07) is 18.3. The second kappa shape index (κ2) is 6.53. The lowest BCUT2D eigenvalue weighted by molar-refractivity contribution is -0.384. The molecule has 0 aliphatic heterocycles. The van der Waals surface area contributed by atoms with E-state index in [1.807, 2.05) is 42.5 Å². The monoisotopic (exact) mass is 363 g/mol. The molecule has 6 nitrogen and oxygen atoms in total. The summed E-state index contributed by atoms with van der Waals surface area (Å²) in [6.07, 6.45) is 0.234. The van der Waals surface area contributed by atoms with E-state index in [4.69, 9.17) is 0 Å². The minimum absolute atomic E-state index is 0.00906. The number of fused-ring (bicyclic) bond motifs is 2. The highest BCUT2D eigenvalue weighted by molar-refractivity contribution is 7.22. The number of nitro groups is 1. The van der Waals surface area contributed by atoms with Crippen molar-refractivity contribution in [3.8, 4) is 0 Å². The Labute approximate surface area is 152 Å². The highest BCUT2D eigenvalue weighted by Crippen LogP contribution is 2.29. The molecule has 128 valence electrons. The highest BCUT2D eigenvalue weighted by atomic mass is 32.1.